The Labute approximate surface area is 175 Å². The number of carbonyl (C=O) groups is 2. The average Bonchev–Trinajstić information content (AvgIpc) is 3.11. The van der Waals surface area contributed by atoms with Gasteiger partial charge in [0.1, 0.15) is 6.04 Å². The summed E-state index contributed by atoms with van der Waals surface area (Å²) in [5, 5.41) is 12.2. The molecule has 1 aliphatic heterocycles. The number of amides is 2. The normalized spacial score (nSPS) is 17.3. The monoisotopic (exact) mass is 422 g/mol. The molecule has 10 heteroatoms. The fourth-order valence-electron chi connectivity index (χ4n) is 3.57. The van der Waals surface area contributed by atoms with Gasteiger partial charge in [-0.1, -0.05) is 0 Å². The van der Waals surface area contributed by atoms with Crippen LogP contribution < -0.4 is 5.32 Å². The number of nitrogens with one attached hydrogen (secondary N) is 1. The summed E-state index contributed by atoms with van der Waals surface area (Å²) in [4.78, 5) is 38.5. The van der Waals surface area contributed by atoms with Gasteiger partial charge in [0.25, 0.3) is 11.8 Å². The van der Waals surface area contributed by atoms with Crippen LogP contribution in [0.15, 0.2) is 49.1 Å². The SMILES string of the molecule is N#C[C@@H]1CC(F)(F)CN1C(=O)CNC(=O)c1ccncc1-c1ccnc2ncccc12. The van der Waals surface area contributed by atoms with Crippen molar-refractivity contribution < 1.29 is 18.4 Å². The Hall–Kier alpha value is -4.00. The molecule has 3 aromatic heterocycles. The first-order valence-electron chi connectivity index (χ1n) is 9.39. The summed E-state index contributed by atoms with van der Waals surface area (Å²) in [6, 6.07) is 7.29. The lowest BCUT2D eigenvalue weighted by molar-refractivity contribution is -0.131. The Balaban J connectivity index is 1.56. The Kier molecular flexibility index (Phi) is 5.25. The van der Waals surface area contributed by atoms with Gasteiger partial charge in [-0.15, -0.1) is 0 Å². The standard InChI is InChI=1S/C21H16F2N6O2/c22-21(23)8-13(9-24)29(12-21)18(30)11-28-20(31)16-3-6-25-10-17(16)14-4-7-27-19-15(14)2-1-5-26-19/h1-7,10,13H,8,11-12H2,(H,28,31)/t13-/m0/s1. The summed E-state index contributed by atoms with van der Waals surface area (Å²) < 4.78 is 27.1. The van der Waals surface area contributed by atoms with Crippen molar-refractivity contribution in [2.45, 2.75) is 18.4 Å². The molecule has 0 aromatic carbocycles. The van der Waals surface area contributed by atoms with Crippen molar-refractivity contribution in [3.63, 3.8) is 0 Å². The maximum absolute atomic E-state index is 13.6. The van der Waals surface area contributed by atoms with Crippen LogP contribution in [-0.4, -0.2) is 56.7 Å². The molecular formula is C21H16F2N6O2. The van der Waals surface area contributed by atoms with Crippen LogP contribution in [0.25, 0.3) is 22.2 Å². The van der Waals surface area contributed by atoms with E-state index in [0.29, 0.717) is 16.8 Å². The van der Waals surface area contributed by atoms with Crippen LogP contribution in [0.1, 0.15) is 16.8 Å². The Morgan fingerprint density at radius 1 is 1.19 bits per heavy atom. The number of nitriles is 1. The van der Waals surface area contributed by atoms with Crippen LogP contribution in [0, 0.1) is 11.3 Å². The highest BCUT2D eigenvalue weighted by molar-refractivity contribution is 6.05. The molecule has 0 unspecified atom stereocenters. The number of halogens is 2. The summed E-state index contributed by atoms with van der Waals surface area (Å²) in [6.45, 7) is -1.34. The van der Waals surface area contributed by atoms with Crippen molar-refractivity contribution in [3.8, 4) is 17.2 Å². The Bertz CT molecular complexity index is 1200. The van der Waals surface area contributed by atoms with Crippen molar-refractivity contribution in [2.75, 3.05) is 13.1 Å². The van der Waals surface area contributed by atoms with Crippen LogP contribution in [0.4, 0.5) is 8.78 Å². The van der Waals surface area contributed by atoms with Crippen LogP contribution in [0.2, 0.25) is 0 Å². The van der Waals surface area contributed by atoms with E-state index in [1.54, 1.807) is 30.6 Å². The number of hydrogen-bond donors (Lipinski definition) is 1. The van der Waals surface area contributed by atoms with E-state index in [1.807, 2.05) is 6.07 Å². The van der Waals surface area contributed by atoms with E-state index < -0.39 is 43.3 Å². The molecule has 1 atom stereocenters. The van der Waals surface area contributed by atoms with E-state index in [9.17, 15) is 18.4 Å². The third-order valence-corrected chi connectivity index (χ3v) is 5.01. The second-order valence-corrected chi connectivity index (χ2v) is 7.06. The first-order chi connectivity index (χ1) is 14.9. The third kappa shape index (κ3) is 4.02. The predicted octanol–water partition coefficient (Wildman–Crippen LogP) is 2.18. The predicted molar refractivity (Wildman–Crippen MR) is 106 cm³/mol. The molecule has 4 rings (SSSR count). The van der Waals surface area contributed by atoms with Gasteiger partial charge >= 0.3 is 0 Å². The molecule has 0 spiro atoms. The second-order valence-electron chi connectivity index (χ2n) is 7.06. The minimum Gasteiger partial charge on any atom is -0.343 e. The van der Waals surface area contributed by atoms with Crippen LogP contribution >= 0.6 is 0 Å². The molecule has 4 heterocycles. The van der Waals surface area contributed by atoms with Crippen molar-refractivity contribution in [1.82, 2.24) is 25.2 Å². The summed E-state index contributed by atoms with van der Waals surface area (Å²) >= 11 is 0. The molecule has 8 nitrogen and oxygen atoms in total. The van der Waals surface area contributed by atoms with Gasteiger partial charge in [-0.05, 0) is 29.8 Å². The van der Waals surface area contributed by atoms with E-state index in [1.165, 1.54) is 18.5 Å². The van der Waals surface area contributed by atoms with Gasteiger partial charge in [0.15, 0.2) is 5.65 Å². The molecule has 0 saturated carbocycles. The molecule has 1 saturated heterocycles. The van der Waals surface area contributed by atoms with Gasteiger partial charge in [-0.2, -0.15) is 5.26 Å². The zero-order valence-electron chi connectivity index (χ0n) is 16.1. The van der Waals surface area contributed by atoms with Crippen molar-refractivity contribution in [1.29, 1.82) is 5.26 Å². The fourth-order valence-corrected chi connectivity index (χ4v) is 3.57. The molecule has 1 aliphatic rings. The van der Waals surface area contributed by atoms with Gasteiger partial charge in [0.2, 0.25) is 5.91 Å². The highest BCUT2D eigenvalue weighted by Crippen LogP contribution is 2.32. The van der Waals surface area contributed by atoms with Gasteiger partial charge in [-0.25, -0.2) is 18.7 Å². The molecular weight excluding hydrogens is 406 g/mol. The number of aromatic nitrogens is 3. The highest BCUT2D eigenvalue weighted by atomic mass is 19.3. The molecule has 156 valence electrons. The van der Waals surface area contributed by atoms with Crippen molar-refractivity contribution in [3.05, 3.63) is 54.6 Å². The van der Waals surface area contributed by atoms with E-state index in [-0.39, 0.29) is 5.56 Å². The number of pyridine rings is 3. The van der Waals surface area contributed by atoms with E-state index >= 15 is 0 Å². The first-order valence-corrected chi connectivity index (χ1v) is 9.39. The van der Waals surface area contributed by atoms with Gasteiger partial charge in [0, 0.05) is 42.2 Å². The maximum Gasteiger partial charge on any atom is 0.268 e. The Morgan fingerprint density at radius 3 is 2.81 bits per heavy atom. The topological polar surface area (TPSA) is 112 Å². The van der Waals surface area contributed by atoms with Crippen LogP contribution in [0.3, 0.4) is 0 Å². The smallest absolute Gasteiger partial charge is 0.268 e. The van der Waals surface area contributed by atoms with Crippen LogP contribution in [0.5, 0.6) is 0 Å². The number of fused-ring (bicyclic) bond motifs is 1. The summed E-state index contributed by atoms with van der Waals surface area (Å²) in [7, 11) is 0. The molecule has 0 aliphatic carbocycles. The fraction of sp³-hybridized carbons (Fsp3) is 0.238. The molecule has 0 radical (unpaired) electrons. The third-order valence-electron chi connectivity index (χ3n) is 5.01. The maximum atomic E-state index is 13.6. The molecule has 1 N–H and O–H groups in total. The van der Waals surface area contributed by atoms with Crippen molar-refractivity contribution >= 4 is 22.8 Å². The summed E-state index contributed by atoms with van der Waals surface area (Å²) in [6.07, 6.45) is 5.43. The van der Waals surface area contributed by atoms with Gasteiger partial charge < -0.3 is 10.2 Å². The number of alkyl halides is 2. The lowest BCUT2D eigenvalue weighted by Crippen LogP contribution is -2.43. The number of hydrogen-bond acceptors (Lipinski definition) is 6. The number of nitrogens with zero attached hydrogens (tertiary/aromatic N) is 5. The number of carbonyl (C=O) groups excluding carboxylic acids is 2. The van der Waals surface area contributed by atoms with Crippen LogP contribution in [-0.2, 0) is 4.79 Å². The van der Waals surface area contributed by atoms with E-state index in [0.717, 1.165) is 10.3 Å². The largest absolute Gasteiger partial charge is 0.343 e. The van der Waals surface area contributed by atoms with E-state index in [2.05, 4.69) is 20.3 Å². The van der Waals surface area contributed by atoms with Gasteiger partial charge in [0.05, 0.1) is 24.7 Å². The lowest BCUT2D eigenvalue weighted by Gasteiger charge is -2.19. The second kappa shape index (κ2) is 8.02. The minimum absolute atomic E-state index is 0.253. The average molecular weight is 422 g/mol. The quantitative estimate of drug-likeness (QED) is 0.690. The van der Waals surface area contributed by atoms with E-state index in [4.69, 9.17) is 5.26 Å². The molecule has 0 bridgehead atoms. The molecule has 2 amide bonds. The number of rotatable bonds is 4. The summed E-state index contributed by atoms with van der Waals surface area (Å²) in [5.74, 6) is -4.43. The zero-order valence-corrected chi connectivity index (χ0v) is 16.1. The first kappa shape index (κ1) is 20.3. The molecule has 3 aromatic rings. The molecule has 31 heavy (non-hydrogen) atoms. The lowest BCUT2D eigenvalue weighted by atomic mass is 9.99. The Morgan fingerprint density at radius 2 is 2.00 bits per heavy atom. The van der Waals surface area contributed by atoms with Gasteiger partial charge in [-0.3, -0.25) is 14.6 Å². The minimum atomic E-state index is -3.12. The summed E-state index contributed by atoms with van der Waals surface area (Å²) in [5.41, 5.74) is 1.95. The molecule has 1 fully saturated rings. The zero-order chi connectivity index (χ0) is 22.0. The number of likely N-dealkylation sites (tertiary alicyclic amines) is 1. The highest BCUT2D eigenvalue weighted by Gasteiger charge is 2.47. The van der Waals surface area contributed by atoms with Crippen molar-refractivity contribution in [2.24, 2.45) is 0 Å².